The maximum Gasteiger partial charge on any atom is 0.298 e. The Morgan fingerprint density at radius 1 is 1.44 bits per heavy atom. The van der Waals surface area contributed by atoms with E-state index in [1.165, 1.54) is 13.2 Å². The quantitative estimate of drug-likeness (QED) is 0.596. The van der Waals surface area contributed by atoms with Gasteiger partial charge in [-0.3, -0.25) is 0 Å². The third-order valence-corrected chi connectivity index (χ3v) is 2.94. The molecule has 86 valence electrons. The van der Waals surface area contributed by atoms with Crippen LogP contribution in [-0.2, 0) is 9.05 Å². The first kappa shape index (κ1) is 11.4. The first-order valence-electron chi connectivity index (χ1n) is 3.84. The molecule has 0 saturated carbocycles. The predicted octanol–water partition coefficient (Wildman–Crippen LogP) is 0.714. The molecule has 7 nitrogen and oxygen atoms in total. The molecule has 0 bridgehead atoms. The van der Waals surface area contributed by atoms with E-state index >= 15 is 0 Å². The van der Waals surface area contributed by atoms with Crippen LogP contribution in [0.1, 0.15) is 0 Å². The minimum Gasteiger partial charge on any atom is -0.481 e. The van der Waals surface area contributed by atoms with Gasteiger partial charge >= 0.3 is 0 Å². The van der Waals surface area contributed by atoms with E-state index in [0.717, 1.165) is 4.52 Å². The van der Waals surface area contributed by atoms with Crippen molar-refractivity contribution < 1.29 is 13.2 Å². The third-order valence-electron chi connectivity index (χ3n) is 1.67. The first-order chi connectivity index (χ1) is 7.41. The van der Waals surface area contributed by atoms with Crippen LogP contribution < -0.4 is 4.74 Å². The van der Waals surface area contributed by atoms with E-state index < -0.39 is 14.2 Å². The van der Waals surface area contributed by atoms with E-state index in [2.05, 4.69) is 15.1 Å². The van der Waals surface area contributed by atoms with Crippen molar-refractivity contribution in [3.05, 3.63) is 11.3 Å². The fourth-order valence-corrected chi connectivity index (χ4v) is 1.81. The molecule has 10 heteroatoms. The topological polar surface area (TPSA) is 86.5 Å². The van der Waals surface area contributed by atoms with Crippen LogP contribution in [0.2, 0.25) is 5.28 Å². The van der Waals surface area contributed by atoms with E-state index in [1.807, 2.05) is 0 Å². The number of fused-ring (bicyclic) bond motifs is 1. The maximum absolute atomic E-state index is 11.0. The molecule has 0 unspecified atom stereocenters. The molecule has 0 aliphatic carbocycles. The van der Waals surface area contributed by atoms with Gasteiger partial charge in [-0.15, -0.1) is 5.10 Å². The summed E-state index contributed by atoms with van der Waals surface area (Å²) in [6, 6.07) is 1.38. The van der Waals surface area contributed by atoms with Gasteiger partial charge < -0.3 is 4.74 Å². The highest BCUT2D eigenvalue weighted by atomic mass is 35.7. The molecule has 0 atom stereocenters. The van der Waals surface area contributed by atoms with Crippen molar-refractivity contribution in [1.29, 1.82) is 0 Å². The molecular weight excluding hydrogens is 279 g/mol. The largest absolute Gasteiger partial charge is 0.481 e. The van der Waals surface area contributed by atoms with Gasteiger partial charge in [0.15, 0.2) is 5.65 Å². The Bertz CT molecular complexity index is 653. The Kier molecular flexibility index (Phi) is 2.64. The molecule has 2 aromatic rings. The minimum absolute atomic E-state index is 0.0755. The number of hydrogen-bond donors (Lipinski definition) is 0. The normalized spacial score (nSPS) is 11.9. The Hall–Kier alpha value is -1.12. The lowest BCUT2D eigenvalue weighted by Gasteiger charge is -1.99. The maximum atomic E-state index is 11.0. The van der Waals surface area contributed by atoms with Gasteiger partial charge in [0.2, 0.25) is 11.2 Å². The number of rotatable bonds is 2. The van der Waals surface area contributed by atoms with Gasteiger partial charge in [-0.1, -0.05) is 0 Å². The first-order valence-corrected chi connectivity index (χ1v) is 6.52. The lowest BCUT2D eigenvalue weighted by Crippen LogP contribution is -1.97. The molecule has 2 aromatic heterocycles. The smallest absolute Gasteiger partial charge is 0.298 e. The average molecular weight is 283 g/mol. The molecule has 0 aromatic carbocycles. The molecule has 0 amide bonds. The van der Waals surface area contributed by atoms with E-state index in [-0.39, 0.29) is 16.8 Å². The fourth-order valence-electron chi connectivity index (χ4n) is 1.02. The van der Waals surface area contributed by atoms with Crippen LogP contribution in [-0.4, -0.2) is 35.1 Å². The van der Waals surface area contributed by atoms with E-state index in [9.17, 15) is 8.42 Å². The number of hydrogen-bond acceptors (Lipinski definition) is 6. The molecule has 0 N–H and O–H groups in total. The molecule has 2 heterocycles. The second-order valence-corrected chi connectivity index (χ2v) is 5.47. The standard InChI is InChI=1S/C6H4Cl2N4O3S/c1-15-4-2-3-9-6(16(8,13)14)11-12(3)5(7)10-4/h2H,1H3. The van der Waals surface area contributed by atoms with Crippen molar-refractivity contribution in [3.63, 3.8) is 0 Å². The molecule has 0 spiro atoms. The lowest BCUT2D eigenvalue weighted by molar-refractivity contribution is 0.397. The summed E-state index contributed by atoms with van der Waals surface area (Å²) < 4.78 is 27.9. The number of methoxy groups -OCH3 is 1. The monoisotopic (exact) mass is 282 g/mol. The van der Waals surface area contributed by atoms with Crippen LogP contribution >= 0.6 is 22.3 Å². The summed E-state index contributed by atoms with van der Waals surface area (Å²) >= 11 is 5.74. The van der Waals surface area contributed by atoms with Crippen molar-refractivity contribution in [2.75, 3.05) is 7.11 Å². The fraction of sp³-hybridized carbons (Fsp3) is 0.167. The summed E-state index contributed by atoms with van der Waals surface area (Å²) in [5.74, 6) is 0.198. The number of halogens is 2. The van der Waals surface area contributed by atoms with Gasteiger partial charge in [0.1, 0.15) is 0 Å². The van der Waals surface area contributed by atoms with Crippen LogP contribution in [0.5, 0.6) is 5.88 Å². The van der Waals surface area contributed by atoms with Crippen LogP contribution in [0.4, 0.5) is 0 Å². The lowest BCUT2D eigenvalue weighted by atomic mass is 10.6. The molecule has 0 fully saturated rings. The third kappa shape index (κ3) is 1.91. The molecule has 0 aliphatic rings. The molecule has 0 radical (unpaired) electrons. The van der Waals surface area contributed by atoms with Crippen LogP contribution in [0.3, 0.4) is 0 Å². The van der Waals surface area contributed by atoms with Gasteiger partial charge in [0.05, 0.1) is 7.11 Å². The summed E-state index contributed by atoms with van der Waals surface area (Å²) in [5, 5.41) is 2.98. The van der Waals surface area contributed by atoms with Gasteiger partial charge in [0, 0.05) is 16.7 Å². The molecular formula is C6H4Cl2N4O3S. The summed E-state index contributed by atoms with van der Waals surface area (Å²) in [7, 11) is 2.49. The zero-order valence-electron chi connectivity index (χ0n) is 7.76. The second-order valence-electron chi connectivity index (χ2n) is 2.67. The Labute approximate surface area is 99.4 Å². The highest BCUT2D eigenvalue weighted by Gasteiger charge is 2.19. The van der Waals surface area contributed by atoms with Crippen LogP contribution in [0, 0.1) is 0 Å². The Balaban J connectivity index is 2.76. The van der Waals surface area contributed by atoms with Crippen molar-refractivity contribution in [2.24, 2.45) is 0 Å². The van der Waals surface area contributed by atoms with Gasteiger partial charge in [-0.25, -0.2) is 8.42 Å². The minimum atomic E-state index is -4.00. The van der Waals surface area contributed by atoms with E-state index in [4.69, 9.17) is 27.0 Å². The molecule has 0 aliphatic heterocycles. The van der Waals surface area contributed by atoms with E-state index in [1.54, 1.807) is 0 Å². The van der Waals surface area contributed by atoms with E-state index in [0.29, 0.717) is 0 Å². The summed E-state index contributed by atoms with van der Waals surface area (Å²) in [6.07, 6.45) is 0. The number of aromatic nitrogens is 4. The molecule has 0 saturated heterocycles. The van der Waals surface area contributed by atoms with Crippen LogP contribution in [0.15, 0.2) is 11.2 Å². The second kappa shape index (κ2) is 3.72. The Morgan fingerprint density at radius 3 is 2.69 bits per heavy atom. The predicted molar refractivity (Wildman–Crippen MR) is 55.4 cm³/mol. The summed E-state index contributed by atoms with van der Waals surface area (Å²) in [4.78, 5) is 7.46. The summed E-state index contributed by atoms with van der Waals surface area (Å²) in [5.41, 5.74) is 0.177. The van der Waals surface area contributed by atoms with Crippen molar-refractivity contribution in [3.8, 4) is 5.88 Å². The zero-order chi connectivity index (χ0) is 11.9. The van der Waals surface area contributed by atoms with Gasteiger partial charge in [-0.2, -0.15) is 14.5 Å². The van der Waals surface area contributed by atoms with Crippen molar-refractivity contribution in [1.82, 2.24) is 19.6 Å². The summed E-state index contributed by atoms with van der Waals surface area (Å²) in [6.45, 7) is 0. The van der Waals surface area contributed by atoms with Crippen molar-refractivity contribution >= 4 is 37.0 Å². The number of nitrogens with zero attached hydrogens (tertiary/aromatic N) is 4. The van der Waals surface area contributed by atoms with Gasteiger partial charge in [-0.05, 0) is 11.6 Å². The molecule has 2 rings (SSSR count). The SMILES string of the molecule is COc1cc2nc(S(=O)(=O)Cl)nn2c(Cl)n1. The Morgan fingerprint density at radius 2 is 2.12 bits per heavy atom. The van der Waals surface area contributed by atoms with Crippen molar-refractivity contribution in [2.45, 2.75) is 5.16 Å². The molecule has 16 heavy (non-hydrogen) atoms. The zero-order valence-corrected chi connectivity index (χ0v) is 10.1. The highest BCUT2D eigenvalue weighted by molar-refractivity contribution is 8.13. The number of ether oxygens (including phenoxy) is 1. The van der Waals surface area contributed by atoms with Crippen LogP contribution in [0.25, 0.3) is 5.65 Å². The average Bonchev–Trinajstić information content (AvgIpc) is 2.61. The van der Waals surface area contributed by atoms with Gasteiger partial charge in [0.25, 0.3) is 14.2 Å². The highest BCUT2D eigenvalue weighted by Crippen LogP contribution is 2.18.